The van der Waals surface area contributed by atoms with E-state index in [0.717, 1.165) is 19.8 Å². The van der Waals surface area contributed by atoms with Gasteiger partial charge < -0.3 is 10.2 Å². The SMILES string of the molecule is OCCc1c(I)c(O)c(I)c(I)c1I. The molecule has 0 saturated heterocycles. The number of aliphatic hydroxyl groups is 1. The summed E-state index contributed by atoms with van der Waals surface area (Å²) in [4.78, 5) is 0. The Morgan fingerprint density at radius 2 is 1.43 bits per heavy atom. The number of halogens is 4. The molecule has 0 aromatic heterocycles. The average molecular weight is 642 g/mol. The lowest BCUT2D eigenvalue weighted by atomic mass is 10.1. The summed E-state index contributed by atoms with van der Waals surface area (Å²) in [5.41, 5.74) is 1.04. The van der Waals surface area contributed by atoms with Gasteiger partial charge in [-0.1, -0.05) is 0 Å². The van der Waals surface area contributed by atoms with Crippen LogP contribution in [0.1, 0.15) is 5.56 Å². The van der Waals surface area contributed by atoms with Crippen molar-refractivity contribution >= 4 is 90.4 Å². The average Bonchev–Trinajstić information content (AvgIpc) is 2.19. The molecule has 2 N–H and O–H groups in total. The van der Waals surface area contributed by atoms with Gasteiger partial charge in [-0.2, -0.15) is 0 Å². The monoisotopic (exact) mass is 642 g/mol. The highest BCUT2D eigenvalue weighted by Gasteiger charge is 2.17. The van der Waals surface area contributed by atoms with Crippen LogP contribution in [0, 0.1) is 14.3 Å². The predicted octanol–water partition coefficient (Wildman–Crippen LogP) is 3.35. The Kier molecular flexibility index (Phi) is 5.99. The summed E-state index contributed by atoms with van der Waals surface area (Å²) in [6, 6.07) is 0. The predicted molar refractivity (Wildman–Crippen MR) is 89.8 cm³/mol. The smallest absolute Gasteiger partial charge is 0.143 e. The summed E-state index contributed by atoms with van der Waals surface area (Å²) in [6.07, 6.45) is 0.594. The van der Waals surface area contributed by atoms with E-state index < -0.39 is 0 Å². The maximum Gasteiger partial charge on any atom is 0.143 e. The van der Waals surface area contributed by atoms with E-state index in [1.54, 1.807) is 0 Å². The summed E-state index contributed by atoms with van der Waals surface area (Å²) in [5, 5.41) is 18.7. The Hall–Kier alpha value is 1.90. The third-order valence-electron chi connectivity index (χ3n) is 1.69. The minimum atomic E-state index is 0.113. The molecule has 1 rings (SSSR count). The lowest BCUT2D eigenvalue weighted by Gasteiger charge is -2.12. The van der Waals surface area contributed by atoms with Gasteiger partial charge in [0, 0.05) is 13.7 Å². The summed E-state index contributed by atoms with van der Waals surface area (Å²) in [7, 11) is 0. The fraction of sp³-hybridized carbons (Fsp3) is 0.250. The van der Waals surface area contributed by atoms with Crippen LogP contribution < -0.4 is 0 Å². The van der Waals surface area contributed by atoms with Gasteiger partial charge in [0.2, 0.25) is 0 Å². The van der Waals surface area contributed by atoms with E-state index in [9.17, 15) is 5.11 Å². The van der Waals surface area contributed by atoms with Gasteiger partial charge >= 0.3 is 0 Å². The second-order valence-corrected chi connectivity index (χ2v) is 6.87. The van der Waals surface area contributed by atoms with Crippen LogP contribution >= 0.6 is 90.4 Å². The van der Waals surface area contributed by atoms with Crippen molar-refractivity contribution in [3.63, 3.8) is 0 Å². The first-order valence-corrected chi connectivity index (χ1v) is 7.96. The van der Waals surface area contributed by atoms with Crippen LogP contribution in [-0.2, 0) is 6.42 Å². The van der Waals surface area contributed by atoms with Gasteiger partial charge in [0.05, 0.1) is 7.14 Å². The fourth-order valence-corrected chi connectivity index (χ4v) is 5.29. The van der Waals surface area contributed by atoms with Gasteiger partial charge in [-0.15, -0.1) is 0 Å². The number of phenols is 1. The molecule has 2 nitrogen and oxygen atoms in total. The van der Waals surface area contributed by atoms with E-state index in [4.69, 9.17) is 5.11 Å². The summed E-state index contributed by atoms with van der Waals surface area (Å²) < 4.78 is 3.93. The topological polar surface area (TPSA) is 40.5 Å². The molecule has 78 valence electrons. The Bertz CT molecular complexity index is 336. The third kappa shape index (κ3) is 2.77. The molecule has 0 unspecified atom stereocenters. The Labute approximate surface area is 137 Å². The molecule has 1 aromatic carbocycles. The Morgan fingerprint density at radius 1 is 0.857 bits per heavy atom. The summed E-state index contributed by atoms with van der Waals surface area (Å²) in [5.74, 6) is 0.333. The molecule has 0 saturated carbocycles. The molecule has 0 aliphatic rings. The third-order valence-corrected chi connectivity index (χ3v) is 8.24. The molecule has 0 fully saturated rings. The zero-order chi connectivity index (χ0) is 10.9. The van der Waals surface area contributed by atoms with Gasteiger partial charge in [-0.05, 0) is 102 Å². The molecule has 0 atom stereocenters. The quantitative estimate of drug-likeness (QED) is 0.296. The van der Waals surface area contributed by atoms with Gasteiger partial charge in [0.15, 0.2) is 0 Å². The number of aliphatic hydroxyl groups excluding tert-OH is 1. The van der Waals surface area contributed by atoms with Crippen LogP contribution in [0.15, 0.2) is 0 Å². The van der Waals surface area contributed by atoms with E-state index in [2.05, 4.69) is 90.4 Å². The Morgan fingerprint density at radius 3 is 1.93 bits per heavy atom. The number of rotatable bonds is 2. The van der Waals surface area contributed by atoms with E-state index in [1.165, 1.54) is 0 Å². The molecule has 6 heteroatoms. The van der Waals surface area contributed by atoms with E-state index in [1.807, 2.05) is 0 Å². The highest BCUT2D eigenvalue weighted by atomic mass is 127. The highest BCUT2D eigenvalue weighted by molar-refractivity contribution is 14.1. The Balaban J connectivity index is 3.43. The van der Waals surface area contributed by atoms with Crippen molar-refractivity contribution in [2.75, 3.05) is 6.61 Å². The first kappa shape index (κ1) is 14.0. The second-order valence-electron chi connectivity index (χ2n) is 2.56. The fourth-order valence-electron chi connectivity index (χ4n) is 1.000. The first-order valence-electron chi connectivity index (χ1n) is 3.65. The minimum Gasteiger partial charge on any atom is -0.506 e. The number of hydrogen-bond acceptors (Lipinski definition) is 2. The zero-order valence-electron chi connectivity index (χ0n) is 6.82. The lowest BCUT2D eigenvalue weighted by Crippen LogP contribution is -2.02. The van der Waals surface area contributed by atoms with Crippen molar-refractivity contribution in [3.8, 4) is 5.75 Å². The molecular formula is C8H6I4O2. The van der Waals surface area contributed by atoms with E-state index >= 15 is 0 Å². The lowest BCUT2D eigenvalue weighted by molar-refractivity contribution is 0.299. The van der Waals surface area contributed by atoms with Crippen molar-refractivity contribution < 1.29 is 10.2 Å². The van der Waals surface area contributed by atoms with Crippen LogP contribution in [0.25, 0.3) is 0 Å². The highest BCUT2D eigenvalue weighted by Crippen LogP contribution is 2.36. The molecule has 0 aliphatic carbocycles. The number of phenolic OH excluding ortho intramolecular Hbond substituents is 1. The van der Waals surface area contributed by atoms with Crippen LogP contribution in [-0.4, -0.2) is 16.8 Å². The molecule has 0 bridgehead atoms. The first-order chi connectivity index (χ1) is 6.50. The van der Waals surface area contributed by atoms with Crippen LogP contribution in [0.2, 0.25) is 0 Å². The van der Waals surface area contributed by atoms with Crippen LogP contribution in [0.5, 0.6) is 5.75 Å². The molecular weight excluding hydrogens is 636 g/mol. The molecule has 14 heavy (non-hydrogen) atoms. The molecule has 0 heterocycles. The van der Waals surface area contributed by atoms with E-state index in [-0.39, 0.29) is 6.61 Å². The van der Waals surface area contributed by atoms with Gasteiger partial charge in [-0.25, -0.2) is 0 Å². The number of aromatic hydroxyl groups is 1. The van der Waals surface area contributed by atoms with Crippen LogP contribution in [0.4, 0.5) is 0 Å². The van der Waals surface area contributed by atoms with Crippen molar-refractivity contribution in [1.29, 1.82) is 0 Å². The maximum absolute atomic E-state index is 9.81. The van der Waals surface area contributed by atoms with Gasteiger partial charge in [-0.3, -0.25) is 0 Å². The molecule has 0 spiro atoms. The van der Waals surface area contributed by atoms with Gasteiger partial charge in [0.1, 0.15) is 5.75 Å². The summed E-state index contributed by atoms with van der Waals surface area (Å²) in [6.45, 7) is 0.113. The zero-order valence-corrected chi connectivity index (χ0v) is 15.5. The van der Waals surface area contributed by atoms with Crippen molar-refractivity contribution in [1.82, 2.24) is 0 Å². The second kappa shape index (κ2) is 6.00. The molecule has 0 aliphatic heterocycles. The summed E-state index contributed by atoms with van der Waals surface area (Å²) >= 11 is 8.73. The normalized spacial score (nSPS) is 10.6. The minimum absolute atomic E-state index is 0.113. The van der Waals surface area contributed by atoms with Gasteiger partial charge in [0.25, 0.3) is 0 Å². The maximum atomic E-state index is 9.81. The number of benzene rings is 1. The molecule has 0 radical (unpaired) electrons. The molecule has 1 aromatic rings. The van der Waals surface area contributed by atoms with Crippen molar-refractivity contribution in [2.45, 2.75) is 6.42 Å². The van der Waals surface area contributed by atoms with Crippen molar-refractivity contribution in [3.05, 3.63) is 19.8 Å². The number of hydrogen-bond donors (Lipinski definition) is 2. The van der Waals surface area contributed by atoms with E-state index in [0.29, 0.717) is 12.2 Å². The standard InChI is InChI=1S/C8H6I4O2/c9-4-3(1-2-13)5(10)8(14)7(12)6(4)11/h13-14H,1-2H2. The van der Waals surface area contributed by atoms with Crippen molar-refractivity contribution in [2.24, 2.45) is 0 Å². The van der Waals surface area contributed by atoms with Crippen LogP contribution in [0.3, 0.4) is 0 Å². The molecule has 0 amide bonds. The largest absolute Gasteiger partial charge is 0.506 e.